The molecule has 32 heavy (non-hydrogen) atoms. The summed E-state index contributed by atoms with van der Waals surface area (Å²) in [5, 5.41) is 19.4. The lowest BCUT2D eigenvalue weighted by atomic mass is 10.0. The fraction of sp³-hybridized carbons (Fsp3) is 0.440. The van der Waals surface area contributed by atoms with Gasteiger partial charge in [-0.3, -0.25) is 14.7 Å². The van der Waals surface area contributed by atoms with Crippen LogP contribution in [0.2, 0.25) is 0 Å². The lowest BCUT2D eigenvalue weighted by Gasteiger charge is -2.37. The van der Waals surface area contributed by atoms with Crippen molar-refractivity contribution in [3.63, 3.8) is 0 Å². The average molecular weight is 438 g/mol. The van der Waals surface area contributed by atoms with Gasteiger partial charge in [0.15, 0.2) is 5.96 Å². The van der Waals surface area contributed by atoms with Gasteiger partial charge in [0.1, 0.15) is 5.75 Å². The average Bonchev–Trinajstić information content (AvgIpc) is 2.82. The molecule has 1 amide bonds. The van der Waals surface area contributed by atoms with Gasteiger partial charge in [-0.1, -0.05) is 42.5 Å². The number of rotatable bonds is 8. The minimum absolute atomic E-state index is 0.0172. The second kappa shape index (κ2) is 12.1. The summed E-state index contributed by atoms with van der Waals surface area (Å²) < 4.78 is 0. The van der Waals surface area contributed by atoms with E-state index in [0.717, 1.165) is 38.4 Å². The molecule has 2 aromatic rings. The van der Waals surface area contributed by atoms with E-state index in [1.54, 1.807) is 18.2 Å². The predicted molar refractivity (Wildman–Crippen MR) is 129 cm³/mol. The van der Waals surface area contributed by atoms with Crippen molar-refractivity contribution in [1.29, 1.82) is 0 Å². The van der Waals surface area contributed by atoms with Crippen molar-refractivity contribution in [2.75, 3.05) is 32.7 Å². The summed E-state index contributed by atoms with van der Waals surface area (Å²) >= 11 is 0. The van der Waals surface area contributed by atoms with Crippen LogP contribution in [0.15, 0.2) is 59.6 Å². The largest absolute Gasteiger partial charge is 0.507 e. The zero-order valence-electron chi connectivity index (χ0n) is 19.1. The number of amides is 1. The number of phenols is 1. The molecule has 7 heteroatoms. The highest BCUT2D eigenvalue weighted by atomic mass is 16.3. The SMILES string of the molecule is CCNC(=NCCNC(=O)c1ccccc1O)NC1CCN(C(C)c2ccccc2)CC1. The molecule has 172 valence electrons. The summed E-state index contributed by atoms with van der Waals surface area (Å²) in [6.07, 6.45) is 2.12. The number of benzene rings is 2. The van der Waals surface area contributed by atoms with Crippen LogP contribution in [0.25, 0.3) is 0 Å². The Bertz CT molecular complexity index is 879. The van der Waals surface area contributed by atoms with Crippen molar-refractivity contribution in [3.05, 3.63) is 65.7 Å². The van der Waals surface area contributed by atoms with Crippen LogP contribution in [-0.4, -0.2) is 60.6 Å². The number of hydrogen-bond acceptors (Lipinski definition) is 4. The van der Waals surface area contributed by atoms with Crippen LogP contribution < -0.4 is 16.0 Å². The molecule has 2 aromatic carbocycles. The van der Waals surface area contributed by atoms with Crippen LogP contribution in [0.4, 0.5) is 0 Å². The standard InChI is InChI=1S/C25H35N5O2/c1-3-26-25(28-16-15-27-24(32)22-11-7-8-12-23(22)31)29-21-13-17-30(18-14-21)19(2)20-9-5-4-6-10-20/h4-12,19,21,31H,3,13-18H2,1-2H3,(H,27,32)(H2,26,28,29). The zero-order valence-corrected chi connectivity index (χ0v) is 19.1. The monoisotopic (exact) mass is 437 g/mol. The number of nitrogens with one attached hydrogen (secondary N) is 3. The first-order valence-corrected chi connectivity index (χ1v) is 11.5. The Kier molecular flexibility index (Phi) is 8.92. The van der Waals surface area contributed by atoms with Crippen molar-refractivity contribution in [2.24, 2.45) is 4.99 Å². The van der Waals surface area contributed by atoms with Crippen LogP contribution in [0.3, 0.4) is 0 Å². The minimum Gasteiger partial charge on any atom is -0.507 e. The van der Waals surface area contributed by atoms with Gasteiger partial charge < -0.3 is 21.1 Å². The molecule has 1 unspecified atom stereocenters. The van der Waals surface area contributed by atoms with Crippen molar-refractivity contribution in [1.82, 2.24) is 20.9 Å². The molecule has 0 aromatic heterocycles. The van der Waals surface area contributed by atoms with E-state index < -0.39 is 0 Å². The van der Waals surface area contributed by atoms with Crippen molar-refractivity contribution in [2.45, 2.75) is 38.8 Å². The molecule has 7 nitrogen and oxygen atoms in total. The third-order valence-corrected chi connectivity index (χ3v) is 5.86. The van der Waals surface area contributed by atoms with Crippen molar-refractivity contribution >= 4 is 11.9 Å². The van der Waals surface area contributed by atoms with Crippen molar-refractivity contribution in [3.8, 4) is 5.75 Å². The second-order valence-electron chi connectivity index (χ2n) is 8.07. The third-order valence-electron chi connectivity index (χ3n) is 5.86. The lowest BCUT2D eigenvalue weighted by molar-refractivity contribution is 0.0952. The number of likely N-dealkylation sites (tertiary alicyclic amines) is 1. The molecule has 0 spiro atoms. The maximum Gasteiger partial charge on any atom is 0.255 e. The summed E-state index contributed by atoms with van der Waals surface area (Å²) in [5.74, 6) is 0.464. The van der Waals surface area contributed by atoms with Gasteiger partial charge in [0.2, 0.25) is 0 Å². The summed E-state index contributed by atoms with van der Waals surface area (Å²) in [4.78, 5) is 19.3. The van der Waals surface area contributed by atoms with Gasteiger partial charge in [0.05, 0.1) is 12.1 Å². The molecular formula is C25H35N5O2. The van der Waals surface area contributed by atoms with Gasteiger partial charge >= 0.3 is 0 Å². The molecular weight excluding hydrogens is 402 g/mol. The number of para-hydroxylation sites is 1. The van der Waals surface area contributed by atoms with E-state index in [0.29, 0.717) is 25.2 Å². The summed E-state index contributed by atoms with van der Waals surface area (Å²) in [6, 6.07) is 18.0. The highest BCUT2D eigenvalue weighted by Gasteiger charge is 2.24. The molecule has 1 saturated heterocycles. The van der Waals surface area contributed by atoms with E-state index in [9.17, 15) is 9.90 Å². The van der Waals surface area contributed by atoms with E-state index in [4.69, 9.17) is 0 Å². The Morgan fingerprint density at radius 2 is 1.78 bits per heavy atom. The summed E-state index contributed by atoms with van der Waals surface area (Å²) in [7, 11) is 0. The highest BCUT2D eigenvalue weighted by Crippen LogP contribution is 2.24. The topological polar surface area (TPSA) is 89.0 Å². The normalized spacial score (nSPS) is 16.4. The number of piperidine rings is 1. The predicted octanol–water partition coefficient (Wildman–Crippen LogP) is 2.90. The zero-order chi connectivity index (χ0) is 22.8. The second-order valence-corrected chi connectivity index (χ2v) is 8.07. The van der Waals surface area contributed by atoms with E-state index in [1.165, 1.54) is 11.6 Å². The third kappa shape index (κ3) is 6.72. The first kappa shape index (κ1) is 23.6. The Morgan fingerprint density at radius 1 is 1.09 bits per heavy atom. The van der Waals surface area contributed by atoms with Gasteiger partial charge in [0, 0.05) is 38.3 Å². The molecule has 1 heterocycles. The van der Waals surface area contributed by atoms with Gasteiger partial charge in [-0.05, 0) is 44.4 Å². The molecule has 1 fully saturated rings. The maximum absolute atomic E-state index is 12.2. The Hall–Kier alpha value is -3.06. The van der Waals surface area contributed by atoms with Gasteiger partial charge in [-0.15, -0.1) is 0 Å². The van der Waals surface area contributed by atoms with Gasteiger partial charge in [-0.2, -0.15) is 0 Å². The van der Waals surface area contributed by atoms with Gasteiger partial charge in [0.25, 0.3) is 5.91 Å². The van der Waals surface area contributed by atoms with Crippen LogP contribution in [0, 0.1) is 0 Å². The first-order valence-electron chi connectivity index (χ1n) is 11.5. The first-order chi connectivity index (χ1) is 15.6. The number of guanidine groups is 1. The number of carbonyl (C=O) groups is 1. The molecule has 0 bridgehead atoms. The van der Waals surface area contributed by atoms with E-state index in [-0.39, 0.29) is 17.2 Å². The Morgan fingerprint density at radius 3 is 2.47 bits per heavy atom. The maximum atomic E-state index is 12.2. The number of hydrogen-bond donors (Lipinski definition) is 4. The summed E-state index contributed by atoms with van der Waals surface area (Å²) in [5.41, 5.74) is 1.64. The fourth-order valence-corrected chi connectivity index (χ4v) is 3.98. The van der Waals surface area contributed by atoms with Crippen LogP contribution in [0.5, 0.6) is 5.75 Å². The van der Waals surface area contributed by atoms with Gasteiger partial charge in [-0.25, -0.2) is 0 Å². The molecule has 4 N–H and O–H groups in total. The molecule has 3 rings (SSSR count). The van der Waals surface area contributed by atoms with E-state index >= 15 is 0 Å². The number of aliphatic imine (C=N–C) groups is 1. The number of nitrogens with zero attached hydrogens (tertiary/aromatic N) is 2. The highest BCUT2D eigenvalue weighted by molar-refractivity contribution is 5.96. The quantitative estimate of drug-likeness (QED) is 0.290. The van der Waals surface area contributed by atoms with Crippen LogP contribution >= 0.6 is 0 Å². The molecule has 0 aliphatic carbocycles. The Balaban J connectivity index is 1.44. The molecule has 1 aliphatic heterocycles. The fourth-order valence-electron chi connectivity index (χ4n) is 3.98. The van der Waals surface area contributed by atoms with E-state index in [1.807, 2.05) is 6.92 Å². The molecule has 1 atom stereocenters. The molecule has 1 aliphatic rings. The summed E-state index contributed by atoms with van der Waals surface area (Å²) in [6.45, 7) is 8.04. The lowest BCUT2D eigenvalue weighted by Crippen LogP contribution is -2.49. The van der Waals surface area contributed by atoms with E-state index in [2.05, 4.69) is 63.1 Å². The van der Waals surface area contributed by atoms with Crippen LogP contribution in [0.1, 0.15) is 48.7 Å². The Labute approximate surface area is 190 Å². The number of aromatic hydroxyl groups is 1. The number of carbonyl (C=O) groups excluding carboxylic acids is 1. The smallest absolute Gasteiger partial charge is 0.255 e. The minimum atomic E-state index is -0.295. The van der Waals surface area contributed by atoms with Crippen molar-refractivity contribution < 1.29 is 9.90 Å². The number of phenolic OH excluding ortho intramolecular Hbond substituents is 1. The molecule has 0 saturated carbocycles. The van der Waals surface area contributed by atoms with Crippen LogP contribution in [-0.2, 0) is 0 Å². The molecule has 0 radical (unpaired) electrons.